The average Bonchev–Trinajstić information content (AvgIpc) is 3.26. The fraction of sp³-hybridized carbons (Fsp3) is 0.261. The monoisotopic (exact) mass is 578 g/mol. The van der Waals surface area contributed by atoms with Gasteiger partial charge in [0, 0.05) is 36.6 Å². The third-order valence-electron chi connectivity index (χ3n) is 5.72. The lowest BCUT2D eigenvalue weighted by molar-refractivity contribution is -0.214. The van der Waals surface area contributed by atoms with Gasteiger partial charge in [-0.15, -0.1) is 5.12 Å². The van der Waals surface area contributed by atoms with Crippen LogP contribution in [0, 0.1) is 11.6 Å². The zero-order chi connectivity index (χ0) is 28.6. The third kappa shape index (κ3) is 5.69. The van der Waals surface area contributed by atoms with Gasteiger partial charge in [-0.1, -0.05) is 17.7 Å². The van der Waals surface area contributed by atoms with E-state index in [2.05, 4.69) is 20.6 Å². The maximum absolute atomic E-state index is 15.9. The number of hydrogen-bond donors (Lipinski definition) is 2. The molecular formula is C23H18ClF7N6O2. The SMILES string of the molecule is CN1NN=CN1CC(O)(c1ccc(F)cc1F)C(F)(F)c1ccc(COc2ncc(C(F)(F)F)cc2Cl)cn1. The molecule has 0 amide bonds. The summed E-state index contributed by atoms with van der Waals surface area (Å²) >= 11 is 5.79. The smallest absolute Gasteiger partial charge is 0.417 e. The van der Waals surface area contributed by atoms with Gasteiger partial charge in [0.05, 0.1) is 12.1 Å². The molecule has 16 heteroatoms. The fourth-order valence-electron chi connectivity index (χ4n) is 3.62. The Morgan fingerprint density at radius 2 is 1.77 bits per heavy atom. The zero-order valence-corrected chi connectivity index (χ0v) is 20.5. The van der Waals surface area contributed by atoms with E-state index in [1.54, 1.807) is 0 Å². The van der Waals surface area contributed by atoms with E-state index >= 15 is 8.78 Å². The second-order valence-electron chi connectivity index (χ2n) is 8.37. The molecule has 208 valence electrons. The van der Waals surface area contributed by atoms with Crippen molar-refractivity contribution in [1.82, 2.24) is 25.6 Å². The van der Waals surface area contributed by atoms with Gasteiger partial charge >= 0.3 is 12.1 Å². The molecule has 1 aliphatic heterocycles. The first kappa shape index (κ1) is 28.3. The standard InChI is InChI=1S/C23H18ClF7N6O2/c1-36-35-34-12-37(36)11-21(38,16-4-3-15(25)7-18(16)26)22(27,28)19-5-2-13(8-32-19)10-39-20-17(24)6-14(9-33-20)23(29,30)31/h2-9,12,35,38H,10-11H2,1H3. The molecule has 4 rings (SSSR count). The molecule has 0 fully saturated rings. The molecule has 1 unspecified atom stereocenters. The number of benzene rings is 1. The number of aliphatic hydroxyl groups is 1. The topological polar surface area (TPSA) is 86.1 Å². The minimum Gasteiger partial charge on any atom is -0.472 e. The summed E-state index contributed by atoms with van der Waals surface area (Å²) in [5.74, 6) is -7.01. The molecule has 0 spiro atoms. The van der Waals surface area contributed by atoms with Crippen LogP contribution in [-0.2, 0) is 24.3 Å². The van der Waals surface area contributed by atoms with E-state index in [-0.39, 0.29) is 18.1 Å². The largest absolute Gasteiger partial charge is 0.472 e. The fourth-order valence-corrected chi connectivity index (χ4v) is 3.84. The number of hydrazine groups is 2. The minimum atomic E-state index is -4.66. The van der Waals surface area contributed by atoms with Gasteiger partial charge in [0.25, 0.3) is 0 Å². The van der Waals surface area contributed by atoms with Crippen molar-refractivity contribution in [3.05, 3.63) is 87.8 Å². The van der Waals surface area contributed by atoms with Crippen LogP contribution in [0.5, 0.6) is 5.88 Å². The van der Waals surface area contributed by atoms with Crippen LogP contribution in [-0.4, -0.2) is 45.1 Å². The van der Waals surface area contributed by atoms with Crippen molar-refractivity contribution in [2.75, 3.05) is 13.6 Å². The Morgan fingerprint density at radius 1 is 1.03 bits per heavy atom. The lowest BCUT2D eigenvalue weighted by atomic mass is 9.84. The first-order valence-corrected chi connectivity index (χ1v) is 11.3. The number of pyridine rings is 2. The normalized spacial score (nSPS) is 15.8. The summed E-state index contributed by atoms with van der Waals surface area (Å²) in [6.07, 6.45) is -2.09. The number of halogens is 8. The van der Waals surface area contributed by atoms with Gasteiger partial charge in [-0.2, -0.15) is 27.1 Å². The number of ether oxygens (including phenoxy) is 1. The van der Waals surface area contributed by atoms with Gasteiger partial charge < -0.3 is 9.84 Å². The van der Waals surface area contributed by atoms with E-state index in [4.69, 9.17) is 16.3 Å². The third-order valence-corrected chi connectivity index (χ3v) is 5.99. The van der Waals surface area contributed by atoms with Crippen LogP contribution >= 0.6 is 11.6 Å². The molecule has 8 nitrogen and oxygen atoms in total. The number of hydrogen-bond acceptors (Lipinski definition) is 8. The zero-order valence-electron chi connectivity index (χ0n) is 19.7. The van der Waals surface area contributed by atoms with Crippen LogP contribution in [0.25, 0.3) is 0 Å². The van der Waals surface area contributed by atoms with E-state index in [1.165, 1.54) is 7.05 Å². The Balaban J connectivity index is 1.59. The van der Waals surface area contributed by atoms with E-state index in [0.717, 1.165) is 40.9 Å². The number of hydrazone groups is 1. The molecule has 0 aliphatic carbocycles. The predicted octanol–water partition coefficient (Wildman–Crippen LogP) is 4.60. The van der Waals surface area contributed by atoms with Crippen LogP contribution in [0.1, 0.15) is 22.4 Å². The lowest BCUT2D eigenvalue weighted by Crippen LogP contribution is -2.55. The van der Waals surface area contributed by atoms with Crippen molar-refractivity contribution in [2.45, 2.75) is 24.3 Å². The van der Waals surface area contributed by atoms with Crippen LogP contribution in [0.2, 0.25) is 5.02 Å². The summed E-state index contributed by atoms with van der Waals surface area (Å²) in [5.41, 5.74) is -3.58. The number of nitrogens with one attached hydrogen (secondary N) is 1. The Kier molecular flexibility index (Phi) is 7.60. The number of alkyl halides is 5. The van der Waals surface area contributed by atoms with Crippen LogP contribution < -0.4 is 10.3 Å². The number of rotatable bonds is 8. The molecule has 2 aromatic heterocycles. The van der Waals surface area contributed by atoms with E-state index in [9.17, 15) is 27.1 Å². The van der Waals surface area contributed by atoms with Gasteiger partial charge in [-0.05, 0) is 24.3 Å². The summed E-state index contributed by atoms with van der Waals surface area (Å²) < 4.78 is 104. The van der Waals surface area contributed by atoms with E-state index < -0.39 is 57.7 Å². The summed E-state index contributed by atoms with van der Waals surface area (Å²) in [6, 6.07) is 4.44. The van der Waals surface area contributed by atoms with Crippen molar-refractivity contribution in [2.24, 2.45) is 5.10 Å². The second-order valence-corrected chi connectivity index (χ2v) is 8.78. The molecule has 1 aromatic carbocycles. The number of β-amino-alcohol motifs (C(OH)–C–C–N with tert-alkyl or cyclic N) is 1. The molecule has 39 heavy (non-hydrogen) atoms. The molecule has 1 aliphatic rings. The van der Waals surface area contributed by atoms with E-state index in [0.29, 0.717) is 24.4 Å². The van der Waals surface area contributed by atoms with Crippen LogP contribution in [0.4, 0.5) is 30.7 Å². The van der Waals surface area contributed by atoms with Gasteiger partial charge in [-0.3, -0.25) is 9.99 Å². The maximum Gasteiger partial charge on any atom is 0.417 e. The second kappa shape index (κ2) is 10.5. The molecule has 0 bridgehead atoms. The van der Waals surface area contributed by atoms with E-state index in [1.807, 2.05) is 0 Å². The van der Waals surface area contributed by atoms with Gasteiger partial charge in [0.1, 0.15) is 35.3 Å². The maximum atomic E-state index is 15.9. The van der Waals surface area contributed by atoms with Gasteiger partial charge in [0.2, 0.25) is 5.88 Å². The van der Waals surface area contributed by atoms with Crippen molar-refractivity contribution in [1.29, 1.82) is 0 Å². The van der Waals surface area contributed by atoms with Crippen molar-refractivity contribution in [3.8, 4) is 5.88 Å². The first-order chi connectivity index (χ1) is 18.2. The van der Waals surface area contributed by atoms with Crippen molar-refractivity contribution < 1.29 is 40.6 Å². The summed E-state index contributed by atoms with van der Waals surface area (Å²) in [4.78, 5) is 7.21. The molecule has 2 N–H and O–H groups in total. The average molecular weight is 579 g/mol. The van der Waals surface area contributed by atoms with Crippen molar-refractivity contribution >= 4 is 17.9 Å². The highest BCUT2D eigenvalue weighted by atomic mass is 35.5. The van der Waals surface area contributed by atoms with Crippen LogP contribution in [0.15, 0.2) is 53.9 Å². The Labute approximate surface area is 221 Å². The summed E-state index contributed by atoms with van der Waals surface area (Å²) in [6.45, 7) is -1.27. The van der Waals surface area contributed by atoms with Crippen molar-refractivity contribution in [3.63, 3.8) is 0 Å². The predicted molar refractivity (Wildman–Crippen MR) is 123 cm³/mol. The minimum absolute atomic E-state index is 0.194. The molecule has 0 saturated carbocycles. The summed E-state index contributed by atoms with van der Waals surface area (Å²) in [5, 5.41) is 16.7. The molecule has 0 radical (unpaired) electrons. The lowest BCUT2D eigenvalue weighted by Gasteiger charge is -2.39. The molecular weight excluding hydrogens is 561 g/mol. The van der Waals surface area contributed by atoms with Crippen LogP contribution in [0.3, 0.4) is 0 Å². The Bertz CT molecular complexity index is 1380. The molecule has 1 atom stereocenters. The Hall–Kier alpha value is -3.69. The number of aromatic nitrogens is 2. The first-order valence-electron chi connectivity index (χ1n) is 10.9. The quantitative estimate of drug-likeness (QED) is 0.378. The molecule has 3 aromatic rings. The van der Waals surface area contributed by atoms with Gasteiger partial charge in [0.15, 0.2) is 5.60 Å². The Morgan fingerprint density at radius 3 is 2.33 bits per heavy atom. The highest BCUT2D eigenvalue weighted by Gasteiger charge is 2.58. The summed E-state index contributed by atoms with van der Waals surface area (Å²) in [7, 11) is 1.40. The highest BCUT2D eigenvalue weighted by molar-refractivity contribution is 6.31. The number of nitrogens with zero attached hydrogens (tertiary/aromatic N) is 5. The highest BCUT2D eigenvalue weighted by Crippen LogP contribution is 2.46. The van der Waals surface area contributed by atoms with Gasteiger partial charge in [-0.25, -0.2) is 19.3 Å². The molecule has 3 heterocycles. The molecule has 0 saturated heterocycles.